The number of nitrogen functional groups attached to an aromatic ring is 1. The second-order valence-electron chi connectivity index (χ2n) is 3.74. The lowest BCUT2D eigenvalue weighted by Crippen LogP contribution is -2.05. The van der Waals surface area contributed by atoms with Gasteiger partial charge in [-0.1, -0.05) is 38.5 Å². The molecule has 74 valence electrons. The van der Waals surface area contributed by atoms with Gasteiger partial charge < -0.3 is 5.43 Å². The summed E-state index contributed by atoms with van der Waals surface area (Å²) in [6, 6.07) is 7.90. The van der Waals surface area contributed by atoms with Gasteiger partial charge in [-0.25, -0.2) is 0 Å². The van der Waals surface area contributed by atoms with Gasteiger partial charge in [0.2, 0.25) is 0 Å². The van der Waals surface area contributed by atoms with Crippen LogP contribution in [-0.2, 0) is 0 Å². The van der Waals surface area contributed by atoms with E-state index in [2.05, 4.69) is 26.2 Å². The van der Waals surface area contributed by atoms with Crippen LogP contribution in [0.5, 0.6) is 0 Å². The second kappa shape index (κ2) is 6.49. The number of rotatable bonds is 1. The molecule has 0 aliphatic carbocycles. The minimum Gasteiger partial charge on any atom is -0.324 e. The average molecular weight is 180 g/mol. The Balaban J connectivity index is 0.000000310. The number of hydrazine groups is 1. The first-order valence-electron chi connectivity index (χ1n) is 4.59. The van der Waals surface area contributed by atoms with E-state index in [0.29, 0.717) is 0 Å². The molecule has 0 saturated carbocycles. The Hall–Kier alpha value is -1.02. The molecule has 0 heterocycles. The van der Waals surface area contributed by atoms with Gasteiger partial charge in [-0.2, -0.15) is 0 Å². The maximum Gasteiger partial charge on any atom is 0.0485 e. The number of aryl methyl sites for hydroxylation is 1. The first kappa shape index (κ1) is 12.0. The van der Waals surface area contributed by atoms with E-state index in [1.165, 1.54) is 5.56 Å². The molecular formula is C11H20N2. The van der Waals surface area contributed by atoms with Crippen LogP contribution in [0.3, 0.4) is 0 Å². The molecule has 0 bridgehead atoms. The summed E-state index contributed by atoms with van der Waals surface area (Å²) in [5, 5.41) is 0. The van der Waals surface area contributed by atoms with Crippen LogP contribution >= 0.6 is 0 Å². The molecule has 2 heteroatoms. The molecule has 0 radical (unpaired) electrons. The summed E-state index contributed by atoms with van der Waals surface area (Å²) in [6.07, 6.45) is 0. The van der Waals surface area contributed by atoms with Crippen molar-refractivity contribution in [1.29, 1.82) is 0 Å². The second-order valence-corrected chi connectivity index (χ2v) is 3.74. The lowest BCUT2D eigenvalue weighted by molar-refractivity contribution is 0.737. The smallest absolute Gasteiger partial charge is 0.0485 e. The monoisotopic (exact) mass is 180 g/mol. The summed E-state index contributed by atoms with van der Waals surface area (Å²) >= 11 is 0. The predicted octanol–water partition coefficient (Wildman–Crippen LogP) is 2.94. The van der Waals surface area contributed by atoms with Crippen LogP contribution in [0.15, 0.2) is 24.3 Å². The highest BCUT2D eigenvalue weighted by Crippen LogP contribution is 2.05. The molecule has 0 saturated heterocycles. The third-order valence-corrected chi connectivity index (χ3v) is 1.22. The first-order valence-corrected chi connectivity index (χ1v) is 4.59. The van der Waals surface area contributed by atoms with Gasteiger partial charge >= 0.3 is 0 Å². The maximum atomic E-state index is 5.15. The summed E-state index contributed by atoms with van der Waals surface area (Å²) < 4.78 is 0. The van der Waals surface area contributed by atoms with Crippen LogP contribution in [0.1, 0.15) is 26.3 Å². The van der Waals surface area contributed by atoms with Crippen molar-refractivity contribution in [3.8, 4) is 0 Å². The van der Waals surface area contributed by atoms with Crippen molar-refractivity contribution in [2.24, 2.45) is 11.8 Å². The fourth-order valence-electron chi connectivity index (χ4n) is 0.650. The van der Waals surface area contributed by atoms with Crippen molar-refractivity contribution in [3.05, 3.63) is 29.8 Å². The van der Waals surface area contributed by atoms with Crippen LogP contribution in [-0.4, -0.2) is 0 Å². The minimum atomic E-state index is 0.833. The van der Waals surface area contributed by atoms with E-state index in [9.17, 15) is 0 Å². The number of nitrogens with one attached hydrogen (secondary N) is 1. The van der Waals surface area contributed by atoms with Gasteiger partial charge in [0.25, 0.3) is 0 Å². The predicted molar refractivity (Wildman–Crippen MR) is 59.5 cm³/mol. The average Bonchev–Trinajstić information content (AvgIpc) is 2.05. The molecule has 0 unspecified atom stereocenters. The topological polar surface area (TPSA) is 38.0 Å². The van der Waals surface area contributed by atoms with Crippen LogP contribution < -0.4 is 11.3 Å². The molecule has 1 aromatic rings. The Morgan fingerprint density at radius 2 is 1.46 bits per heavy atom. The number of hydrogen-bond acceptors (Lipinski definition) is 2. The Bertz CT molecular complexity index is 211. The molecule has 0 spiro atoms. The van der Waals surface area contributed by atoms with Crippen LogP contribution in [0, 0.1) is 12.8 Å². The van der Waals surface area contributed by atoms with Gasteiger partial charge in [-0.05, 0) is 25.0 Å². The fraction of sp³-hybridized carbons (Fsp3) is 0.455. The van der Waals surface area contributed by atoms with Gasteiger partial charge in [0.05, 0.1) is 0 Å². The molecule has 0 aliphatic heterocycles. The molecule has 0 aliphatic rings. The Labute approximate surface area is 81.1 Å². The first-order chi connectivity index (χ1) is 6.06. The number of anilines is 1. The largest absolute Gasteiger partial charge is 0.324 e. The van der Waals surface area contributed by atoms with E-state index in [1.807, 2.05) is 31.2 Å². The summed E-state index contributed by atoms with van der Waals surface area (Å²) in [7, 11) is 0. The summed E-state index contributed by atoms with van der Waals surface area (Å²) in [4.78, 5) is 0. The lowest BCUT2D eigenvalue weighted by Gasteiger charge is -1.97. The molecule has 0 aromatic heterocycles. The van der Waals surface area contributed by atoms with Gasteiger partial charge in [0.1, 0.15) is 0 Å². The lowest BCUT2D eigenvalue weighted by atomic mass is 10.2. The molecule has 1 aromatic carbocycles. The third kappa shape index (κ3) is 7.34. The Morgan fingerprint density at radius 1 is 1.08 bits per heavy atom. The summed E-state index contributed by atoms with van der Waals surface area (Å²) in [5.74, 6) is 5.98. The normalized spacial score (nSPS) is 9.08. The van der Waals surface area contributed by atoms with Crippen molar-refractivity contribution in [2.75, 3.05) is 5.43 Å². The zero-order valence-electron chi connectivity index (χ0n) is 8.96. The van der Waals surface area contributed by atoms with E-state index >= 15 is 0 Å². The molecule has 0 amide bonds. The standard InChI is InChI=1S/C7H10N2.C4H10/c1-6-2-4-7(9-8)5-3-6;1-4(2)3/h2-5,9H,8H2,1H3;4H,1-3H3. The fourth-order valence-corrected chi connectivity index (χ4v) is 0.650. The van der Waals surface area contributed by atoms with Gasteiger partial charge in [-0.3, -0.25) is 5.84 Å². The van der Waals surface area contributed by atoms with Gasteiger partial charge in [-0.15, -0.1) is 0 Å². The van der Waals surface area contributed by atoms with E-state index in [4.69, 9.17) is 5.84 Å². The molecule has 13 heavy (non-hydrogen) atoms. The molecule has 3 N–H and O–H groups in total. The number of benzene rings is 1. The number of hydrogen-bond donors (Lipinski definition) is 2. The van der Waals surface area contributed by atoms with Crippen molar-refractivity contribution < 1.29 is 0 Å². The third-order valence-electron chi connectivity index (χ3n) is 1.22. The molecule has 0 atom stereocenters. The zero-order chi connectivity index (χ0) is 10.3. The Morgan fingerprint density at radius 3 is 1.77 bits per heavy atom. The molecule has 1 rings (SSSR count). The number of nitrogens with two attached hydrogens (primary N) is 1. The highest BCUT2D eigenvalue weighted by atomic mass is 15.2. The van der Waals surface area contributed by atoms with E-state index < -0.39 is 0 Å². The highest BCUT2D eigenvalue weighted by molar-refractivity contribution is 5.42. The van der Waals surface area contributed by atoms with E-state index in [0.717, 1.165) is 11.6 Å². The van der Waals surface area contributed by atoms with Crippen LogP contribution in [0.4, 0.5) is 5.69 Å². The van der Waals surface area contributed by atoms with Crippen molar-refractivity contribution >= 4 is 5.69 Å². The van der Waals surface area contributed by atoms with Gasteiger partial charge in [0.15, 0.2) is 0 Å². The molecular weight excluding hydrogens is 160 g/mol. The van der Waals surface area contributed by atoms with Crippen LogP contribution in [0.2, 0.25) is 0 Å². The summed E-state index contributed by atoms with van der Waals surface area (Å²) in [6.45, 7) is 8.54. The maximum absolute atomic E-state index is 5.15. The van der Waals surface area contributed by atoms with E-state index in [-0.39, 0.29) is 0 Å². The van der Waals surface area contributed by atoms with Crippen LogP contribution in [0.25, 0.3) is 0 Å². The van der Waals surface area contributed by atoms with Crippen molar-refractivity contribution in [1.82, 2.24) is 0 Å². The van der Waals surface area contributed by atoms with Crippen molar-refractivity contribution in [3.63, 3.8) is 0 Å². The van der Waals surface area contributed by atoms with Crippen molar-refractivity contribution in [2.45, 2.75) is 27.7 Å². The zero-order valence-corrected chi connectivity index (χ0v) is 8.96. The molecule has 0 fully saturated rings. The van der Waals surface area contributed by atoms with E-state index in [1.54, 1.807) is 0 Å². The quantitative estimate of drug-likeness (QED) is 0.515. The highest BCUT2D eigenvalue weighted by Gasteiger charge is 1.84. The molecule has 2 nitrogen and oxygen atoms in total. The Kier molecular flexibility index (Phi) is 5.98. The SMILES string of the molecule is CC(C)C.Cc1ccc(NN)cc1. The summed E-state index contributed by atoms with van der Waals surface area (Å²) in [5.41, 5.74) is 4.74. The van der Waals surface area contributed by atoms with Gasteiger partial charge in [0, 0.05) is 5.69 Å². The minimum absolute atomic E-state index is 0.833.